The van der Waals surface area contributed by atoms with Crippen LogP contribution in [0.4, 0.5) is 0 Å². The molecule has 1 aromatic rings. The van der Waals surface area contributed by atoms with Gasteiger partial charge in [0.05, 0.1) is 18.9 Å². The van der Waals surface area contributed by atoms with Crippen molar-refractivity contribution >= 4 is 29.1 Å². The molecule has 0 aromatic carbocycles. The van der Waals surface area contributed by atoms with E-state index in [0.29, 0.717) is 17.4 Å². The summed E-state index contributed by atoms with van der Waals surface area (Å²) in [7, 11) is 0. The van der Waals surface area contributed by atoms with E-state index in [-0.39, 0.29) is 12.6 Å². The third kappa shape index (κ3) is 4.19. The average molecular weight is 247 g/mol. The maximum absolute atomic E-state index is 11.3. The molecule has 0 saturated heterocycles. The highest BCUT2D eigenvalue weighted by molar-refractivity contribution is 7.98. The fourth-order valence-electron chi connectivity index (χ4n) is 0.901. The minimum atomic E-state index is -0.360. The number of nitrogens with zero attached hydrogens (tertiary/aromatic N) is 1. The molecule has 0 spiro atoms. The normalized spacial score (nSPS) is 10.3. The van der Waals surface area contributed by atoms with Crippen LogP contribution in [0.2, 0.25) is 0 Å². The van der Waals surface area contributed by atoms with Gasteiger partial charge in [-0.2, -0.15) is 11.8 Å². The van der Waals surface area contributed by atoms with Crippen LogP contribution in [-0.4, -0.2) is 35.0 Å². The molecule has 1 aromatic heterocycles. The number of thioether (sulfide) groups is 1. The van der Waals surface area contributed by atoms with Crippen molar-refractivity contribution in [2.75, 3.05) is 19.0 Å². The van der Waals surface area contributed by atoms with E-state index in [4.69, 9.17) is 9.84 Å². The molecule has 0 fully saturated rings. The van der Waals surface area contributed by atoms with Crippen LogP contribution >= 0.6 is 23.1 Å². The molecule has 0 unspecified atom stereocenters. The highest BCUT2D eigenvalue weighted by atomic mass is 32.2. The van der Waals surface area contributed by atoms with Gasteiger partial charge < -0.3 is 9.84 Å². The number of rotatable bonds is 6. The fraction of sp³-hybridized carbons (Fsp3) is 0.556. The highest BCUT2D eigenvalue weighted by Gasteiger charge is 2.11. The predicted octanol–water partition coefficient (Wildman–Crippen LogP) is 1.55. The molecular weight excluding hydrogens is 234 g/mol. The summed E-state index contributed by atoms with van der Waals surface area (Å²) >= 11 is 2.88. The molecule has 1 heterocycles. The van der Waals surface area contributed by atoms with Gasteiger partial charge in [-0.15, -0.1) is 11.3 Å². The predicted molar refractivity (Wildman–Crippen MR) is 61.3 cm³/mol. The molecule has 6 heteroatoms. The zero-order valence-corrected chi connectivity index (χ0v) is 10.1. The molecule has 0 radical (unpaired) electrons. The zero-order chi connectivity index (χ0) is 11.1. The molecular formula is C9H13NO3S2. The van der Waals surface area contributed by atoms with E-state index < -0.39 is 0 Å². The topological polar surface area (TPSA) is 59.4 Å². The Morgan fingerprint density at radius 1 is 1.73 bits per heavy atom. The van der Waals surface area contributed by atoms with Gasteiger partial charge >= 0.3 is 5.97 Å². The first-order valence-corrected chi connectivity index (χ1v) is 6.61. The van der Waals surface area contributed by atoms with Crippen molar-refractivity contribution in [3.05, 3.63) is 16.1 Å². The average Bonchev–Trinajstić information content (AvgIpc) is 2.67. The second kappa shape index (κ2) is 6.81. The summed E-state index contributed by atoms with van der Waals surface area (Å²) in [6.45, 7) is 2.30. The summed E-state index contributed by atoms with van der Waals surface area (Å²) in [5, 5.41) is 10.8. The summed E-state index contributed by atoms with van der Waals surface area (Å²) in [5.41, 5.74) is 0.863. The van der Waals surface area contributed by atoms with Gasteiger partial charge in [0, 0.05) is 16.9 Å². The number of aromatic nitrogens is 1. The van der Waals surface area contributed by atoms with Crippen LogP contribution in [0.5, 0.6) is 0 Å². The molecule has 0 aliphatic rings. The van der Waals surface area contributed by atoms with Crippen molar-refractivity contribution in [3.8, 4) is 0 Å². The van der Waals surface area contributed by atoms with Gasteiger partial charge in [0.1, 0.15) is 0 Å². The van der Waals surface area contributed by atoms with Gasteiger partial charge in [0.15, 0.2) is 0 Å². The molecule has 84 valence electrons. The van der Waals surface area contributed by atoms with Crippen molar-refractivity contribution in [1.29, 1.82) is 0 Å². The lowest BCUT2D eigenvalue weighted by atomic mass is 10.6. The lowest BCUT2D eigenvalue weighted by Gasteiger charge is -1.96. The summed E-state index contributed by atoms with van der Waals surface area (Å²) in [6.07, 6.45) is 0. The number of hydrogen-bond donors (Lipinski definition) is 1. The zero-order valence-electron chi connectivity index (χ0n) is 8.43. The maximum Gasteiger partial charge on any atom is 0.367 e. The van der Waals surface area contributed by atoms with Gasteiger partial charge in [0.25, 0.3) is 0 Å². The summed E-state index contributed by atoms with van der Waals surface area (Å²) < 4.78 is 4.83. The van der Waals surface area contributed by atoms with Crippen LogP contribution in [0.25, 0.3) is 0 Å². The van der Waals surface area contributed by atoms with E-state index in [0.717, 1.165) is 11.4 Å². The Labute approximate surface area is 96.7 Å². The van der Waals surface area contributed by atoms with E-state index in [1.54, 1.807) is 18.7 Å². The van der Waals surface area contributed by atoms with Gasteiger partial charge in [-0.05, 0) is 6.92 Å². The number of carbonyl (C=O) groups excluding carboxylic acids is 1. The van der Waals surface area contributed by atoms with Crippen molar-refractivity contribution in [2.45, 2.75) is 12.7 Å². The molecule has 0 aliphatic heterocycles. The second-order valence-electron chi connectivity index (χ2n) is 2.64. The molecule has 15 heavy (non-hydrogen) atoms. The number of esters is 1. The molecule has 0 aliphatic carbocycles. The fourth-order valence-corrected chi connectivity index (χ4v) is 2.35. The van der Waals surface area contributed by atoms with E-state index in [2.05, 4.69) is 4.98 Å². The van der Waals surface area contributed by atoms with Gasteiger partial charge in [-0.3, -0.25) is 0 Å². The van der Waals surface area contributed by atoms with Crippen molar-refractivity contribution in [3.63, 3.8) is 0 Å². The number of ether oxygens (including phenoxy) is 1. The monoisotopic (exact) mass is 247 g/mol. The molecule has 0 amide bonds. The third-order valence-electron chi connectivity index (χ3n) is 1.49. The molecule has 4 nitrogen and oxygen atoms in total. The lowest BCUT2D eigenvalue weighted by Crippen LogP contribution is -2.04. The Kier molecular flexibility index (Phi) is 5.67. The van der Waals surface area contributed by atoms with Crippen molar-refractivity contribution < 1.29 is 14.6 Å². The Morgan fingerprint density at radius 2 is 2.53 bits per heavy atom. The summed E-state index contributed by atoms with van der Waals surface area (Å²) in [6, 6.07) is 0. The highest BCUT2D eigenvalue weighted by Crippen LogP contribution is 2.16. The number of thiazole rings is 1. The van der Waals surface area contributed by atoms with Crippen molar-refractivity contribution in [2.24, 2.45) is 0 Å². The van der Waals surface area contributed by atoms with Crippen molar-refractivity contribution in [1.82, 2.24) is 4.98 Å². The Bertz CT molecular complexity index is 314. The largest absolute Gasteiger partial charge is 0.461 e. The Hall–Kier alpha value is -0.590. The Morgan fingerprint density at radius 3 is 3.20 bits per heavy atom. The van der Waals surface area contributed by atoms with E-state index in [1.165, 1.54) is 11.3 Å². The maximum atomic E-state index is 11.3. The van der Waals surface area contributed by atoms with Gasteiger partial charge in [0.2, 0.25) is 5.01 Å². The van der Waals surface area contributed by atoms with E-state index in [9.17, 15) is 4.79 Å². The van der Waals surface area contributed by atoms with E-state index >= 15 is 0 Å². The molecule has 1 N–H and O–H groups in total. The SMILES string of the molecule is CCOC(=O)c1nc(CSCCO)cs1. The van der Waals surface area contributed by atoms with Crippen LogP contribution in [-0.2, 0) is 10.5 Å². The number of hydrogen-bond acceptors (Lipinski definition) is 6. The molecule has 0 atom stereocenters. The van der Waals surface area contributed by atoms with Crippen LogP contribution in [0.15, 0.2) is 5.38 Å². The molecule has 1 rings (SSSR count). The number of aliphatic hydroxyl groups excluding tert-OH is 1. The first-order chi connectivity index (χ1) is 7.27. The van der Waals surface area contributed by atoms with Crippen LogP contribution < -0.4 is 0 Å². The van der Waals surface area contributed by atoms with Gasteiger partial charge in [-0.1, -0.05) is 0 Å². The summed E-state index contributed by atoms with van der Waals surface area (Å²) in [4.78, 5) is 15.4. The van der Waals surface area contributed by atoms with Gasteiger partial charge in [-0.25, -0.2) is 9.78 Å². The van der Waals surface area contributed by atoms with Crippen LogP contribution in [0.3, 0.4) is 0 Å². The van der Waals surface area contributed by atoms with E-state index in [1.807, 2.05) is 5.38 Å². The smallest absolute Gasteiger partial charge is 0.367 e. The van der Waals surface area contributed by atoms with Crippen LogP contribution in [0.1, 0.15) is 22.4 Å². The molecule has 0 saturated carbocycles. The standard InChI is InChI=1S/C9H13NO3S2/c1-2-13-9(12)8-10-7(6-15-8)5-14-4-3-11/h6,11H,2-5H2,1H3. The minimum absolute atomic E-state index is 0.166. The minimum Gasteiger partial charge on any atom is -0.461 e. The number of carbonyl (C=O) groups is 1. The Balaban J connectivity index is 2.45. The number of aliphatic hydroxyl groups is 1. The quantitative estimate of drug-likeness (QED) is 0.610. The van der Waals surface area contributed by atoms with Crippen LogP contribution in [0, 0.1) is 0 Å². The second-order valence-corrected chi connectivity index (χ2v) is 4.60. The summed E-state index contributed by atoms with van der Waals surface area (Å²) in [5.74, 6) is 1.05. The third-order valence-corrected chi connectivity index (χ3v) is 3.33. The first-order valence-electron chi connectivity index (χ1n) is 4.58. The molecule has 0 bridgehead atoms. The first kappa shape index (κ1) is 12.5. The lowest BCUT2D eigenvalue weighted by molar-refractivity contribution is 0.0525.